The van der Waals surface area contributed by atoms with Gasteiger partial charge in [-0.05, 0) is 24.6 Å². The lowest BCUT2D eigenvalue weighted by Crippen LogP contribution is -2.16. The minimum atomic E-state index is -0.801. The number of phenolic OH excluding ortho intramolecular Hbond substituents is 2. The number of phenols is 2. The summed E-state index contributed by atoms with van der Waals surface area (Å²) >= 11 is 0. The maximum atomic E-state index is 12.5. The molecule has 0 aliphatic carbocycles. The molecule has 0 saturated heterocycles. The van der Waals surface area contributed by atoms with E-state index in [2.05, 4.69) is 0 Å². The van der Waals surface area contributed by atoms with Gasteiger partial charge in [-0.2, -0.15) is 0 Å². The average molecular weight is 340 g/mol. The van der Waals surface area contributed by atoms with Gasteiger partial charge < -0.3 is 19.7 Å². The highest BCUT2D eigenvalue weighted by molar-refractivity contribution is 5.92. The summed E-state index contributed by atoms with van der Waals surface area (Å²) in [5.41, 5.74) is -0.338. The highest BCUT2D eigenvalue weighted by Gasteiger charge is 2.27. The fourth-order valence-corrected chi connectivity index (χ4v) is 2.93. The molecule has 3 rings (SSSR count). The maximum absolute atomic E-state index is 12.5. The highest BCUT2D eigenvalue weighted by atomic mass is 16.4. The molecule has 6 heteroatoms. The Bertz CT molecular complexity index is 1000. The minimum Gasteiger partial charge on any atom is -0.506 e. The van der Waals surface area contributed by atoms with Gasteiger partial charge in [-0.3, -0.25) is 4.79 Å². The number of carbonyl (C=O) groups excluding carboxylic acids is 1. The van der Waals surface area contributed by atoms with E-state index in [0.717, 1.165) is 6.07 Å². The molecule has 0 aliphatic rings. The van der Waals surface area contributed by atoms with E-state index in [1.54, 1.807) is 30.3 Å². The molecule has 2 aromatic carbocycles. The van der Waals surface area contributed by atoms with E-state index in [1.165, 1.54) is 13.0 Å². The van der Waals surface area contributed by atoms with Gasteiger partial charge in [0.25, 0.3) is 0 Å². The van der Waals surface area contributed by atoms with E-state index < -0.39 is 28.8 Å². The van der Waals surface area contributed by atoms with Crippen LogP contribution in [-0.4, -0.2) is 21.1 Å². The smallest absolute Gasteiger partial charge is 0.343 e. The van der Waals surface area contributed by atoms with Crippen molar-refractivity contribution in [3.63, 3.8) is 0 Å². The predicted octanol–water partition coefficient (Wildman–Crippen LogP) is 3.02. The molecule has 6 nitrogen and oxygen atoms in total. The lowest BCUT2D eigenvalue weighted by atomic mass is 9.87. The van der Waals surface area contributed by atoms with E-state index in [1.807, 2.05) is 0 Å². The summed E-state index contributed by atoms with van der Waals surface area (Å²) in [6, 6.07) is 11.2. The molecule has 0 saturated carbocycles. The van der Waals surface area contributed by atoms with Crippen LogP contribution in [-0.2, 0) is 4.79 Å². The van der Waals surface area contributed by atoms with Crippen LogP contribution in [0.2, 0.25) is 0 Å². The number of hydrogen-bond donors (Lipinski definition) is 3. The van der Waals surface area contributed by atoms with Crippen molar-refractivity contribution in [1.29, 1.82) is 0 Å². The third-order valence-electron chi connectivity index (χ3n) is 4.07. The van der Waals surface area contributed by atoms with Crippen LogP contribution >= 0.6 is 0 Å². The summed E-state index contributed by atoms with van der Waals surface area (Å²) in [5.74, 6) is -2.45. The highest BCUT2D eigenvalue weighted by Crippen LogP contribution is 2.42. The molecule has 1 unspecified atom stereocenters. The van der Waals surface area contributed by atoms with Gasteiger partial charge in [0.15, 0.2) is 11.5 Å². The van der Waals surface area contributed by atoms with E-state index in [4.69, 9.17) is 4.42 Å². The summed E-state index contributed by atoms with van der Waals surface area (Å²) in [4.78, 5) is 24.2. The van der Waals surface area contributed by atoms with Gasteiger partial charge in [0, 0.05) is 12.3 Å². The normalized spacial score (nSPS) is 12.2. The largest absolute Gasteiger partial charge is 0.506 e. The average Bonchev–Trinajstić information content (AvgIpc) is 2.57. The zero-order valence-corrected chi connectivity index (χ0v) is 13.4. The third kappa shape index (κ3) is 2.94. The van der Waals surface area contributed by atoms with Gasteiger partial charge in [0.2, 0.25) is 0 Å². The second kappa shape index (κ2) is 6.32. The molecule has 3 N–H and O–H groups in total. The topological polar surface area (TPSA) is 108 Å². The molecule has 0 amide bonds. The Balaban J connectivity index is 2.33. The zero-order valence-electron chi connectivity index (χ0n) is 13.4. The van der Waals surface area contributed by atoms with Crippen LogP contribution in [0.3, 0.4) is 0 Å². The van der Waals surface area contributed by atoms with Crippen molar-refractivity contribution in [1.82, 2.24) is 0 Å². The van der Waals surface area contributed by atoms with Crippen LogP contribution in [0.5, 0.6) is 17.2 Å². The Labute approximate surface area is 142 Å². The van der Waals surface area contributed by atoms with Crippen molar-refractivity contribution in [2.45, 2.75) is 19.3 Å². The number of rotatable bonds is 4. The number of hydrogen-bond acceptors (Lipinski definition) is 6. The quantitative estimate of drug-likeness (QED) is 0.498. The van der Waals surface area contributed by atoms with Crippen LogP contribution < -0.4 is 5.63 Å². The Morgan fingerprint density at radius 3 is 2.36 bits per heavy atom. The van der Waals surface area contributed by atoms with Crippen LogP contribution in [0.4, 0.5) is 0 Å². The molecule has 1 heterocycles. The third-order valence-corrected chi connectivity index (χ3v) is 4.07. The zero-order chi connectivity index (χ0) is 18.1. The van der Waals surface area contributed by atoms with E-state index in [0.29, 0.717) is 5.56 Å². The molecule has 25 heavy (non-hydrogen) atoms. The number of fused-ring (bicyclic) bond motifs is 1. The lowest BCUT2D eigenvalue weighted by Gasteiger charge is -2.17. The molecule has 0 aliphatic heterocycles. The first-order valence-corrected chi connectivity index (χ1v) is 7.65. The Kier molecular flexibility index (Phi) is 4.19. The number of aromatic hydroxyl groups is 3. The summed E-state index contributed by atoms with van der Waals surface area (Å²) < 4.78 is 5.20. The fraction of sp³-hybridized carbons (Fsp3) is 0.158. The van der Waals surface area contributed by atoms with Gasteiger partial charge in [0.1, 0.15) is 22.5 Å². The van der Waals surface area contributed by atoms with Gasteiger partial charge in [-0.25, -0.2) is 4.79 Å². The first-order valence-electron chi connectivity index (χ1n) is 7.65. The summed E-state index contributed by atoms with van der Waals surface area (Å²) in [7, 11) is 0. The Hall–Kier alpha value is -3.28. The van der Waals surface area contributed by atoms with Crippen molar-refractivity contribution >= 4 is 16.8 Å². The van der Waals surface area contributed by atoms with Gasteiger partial charge >= 0.3 is 5.63 Å². The second-order valence-electron chi connectivity index (χ2n) is 5.83. The van der Waals surface area contributed by atoms with Gasteiger partial charge in [-0.15, -0.1) is 0 Å². The number of Topliss-reactive ketones (excluding diaryl/α,β-unsaturated/α-hetero) is 1. The molecule has 0 bridgehead atoms. The van der Waals surface area contributed by atoms with Crippen LogP contribution in [0.15, 0.2) is 51.7 Å². The standard InChI is InChI=1S/C19H16O6/c1-10(20)9-12(11-5-3-2-4-6-11)15-18(23)16-14(25-19(15)24)8-7-13(21)17(16)22/h2-8,12,21-23H,9H2,1H3. The molecular formula is C19H16O6. The van der Waals surface area contributed by atoms with Crippen molar-refractivity contribution in [3.05, 3.63) is 64.0 Å². The van der Waals surface area contributed by atoms with Crippen LogP contribution in [0, 0.1) is 0 Å². The first kappa shape index (κ1) is 16.6. The Morgan fingerprint density at radius 2 is 1.72 bits per heavy atom. The number of ketones is 1. The molecule has 128 valence electrons. The SMILES string of the molecule is CC(=O)CC(c1ccccc1)c1c(O)c2c(O)c(O)ccc2oc1=O. The molecule has 1 aromatic heterocycles. The van der Waals surface area contributed by atoms with Crippen molar-refractivity contribution in [3.8, 4) is 17.2 Å². The summed E-state index contributed by atoms with van der Waals surface area (Å²) in [6.45, 7) is 1.39. The second-order valence-corrected chi connectivity index (χ2v) is 5.83. The van der Waals surface area contributed by atoms with E-state index in [9.17, 15) is 24.9 Å². The molecule has 3 aromatic rings. The number of carbonyl (C=O) groups is 1. The summed E-state index contributed by atoms with van der Waals surface area (Å²) in [5, 5.41) is 30.2. The fourth-order valence-electron chi connectivity index (χ4n) is 2.93. The molecule has 0 radical (unpaired) electrons. The summed E-state index contributed by atoms with van der Waals surface area (Å²) in [6.07, 6.45) is -0.0204. The predicted molar refractivity (Wildman–Crippen MR) is 91.1 cm³/mol. The van der Waals surface area contributed by atoms with Gasteiger partial charge in [0.05, 0.1) is 5.56 Å². The molecular weight excluding hydrogens is 324 g/mol. The van der Waals surface area contributed by atoms with Crippen LogP contribution in [0.25, 0.3) is 11.0 Å². The van der Waals surface area contributed by atoms with Crippen molar-refractivity contribution in [2.75, 3.05) is 0 Å². The molecule has 0 spiro atoms. The van der Waals surface area contributed by atoms with Crippen LogP contribution in [0.1, 0.15) is 30.4 Å². The Morgan fingerprint density at radius 1 is 1.04 bits per heavy atom. The monoisotopic (exact) mass is 340 g/mol. The van der Waals surface area contributed by atoms with E-state index in [-0.39, 0.29) is 28.7 Å². The lowest BCUT2D eigenvalue weighted by molar-refractivity contribution is -0.117. The van der Waals surface area contributed by atoms with Gasteiger partial charge in [-0.1, -0.05) is 30.3 Å². The van der Waals surface area contributed by atoms with E-state index >= 15 is 0 Å². The maximum Gasteiger partial charge on any atom is 0.343 e. The first-order chi connectivity index (χ1) is 11.9. The van der Waals surface area contributed by atoms with Crippen molar-refractivity contribution in [2.24, 2.45) is 0 Å². The number of benzene rings is 2. The molecule has 1 atom stereocenters. The van der Waals surface area contributed by atoms with Crippen molar-refractivity contribution < 1.29 is 24.5 Å². The molecule has 0 fully saturated rings. The minimum absolute atomic E-state index is 0.0204.